The predicted molar refractivity (Wildman–Crippen MR) is 79.2 cm³/mol. The topological polar surface area (TPSA) is 49.4 Å². The first-order valence-corrected chi connectivity index (χ1v) is 6.92. The van der Waals surface area contributed by atoms with Gasteiger partial charge in [0, 0.05) is 29.5 Å². The first kappa shape index (κ1) is 15.9. The van der Waals surface area contributed by atoms with E-state index in [4.69, 9.17) is 0 Å². The molecule has 0 heterocycles. The molecule has 0 radical (unpaired) electrons. The van der Waals surface area contributed by atoms with Crippen LogP contribution in [0.2, 0.25) is 0 Å². The van der Waals surface area contributed by atoms with Gasteiger partial charge < -0.3 is 5.32 Å². The van der Waals surface area contributed by atoms with Crippen molar-refractivity contribution in [2.45, 2.75) is 6.92 Å². The Balaban J connectivity index is 2.55. The minimum absolute atomic E-state index is 0.0123. The first-order chi connectivity index (χ1) is 8.93. The van der Waals surface area contributed by atoms with Crippen molar-refractivity contribution in [2.24, 2.45) is 5.92 Å². The summed E-state index contributed by atoms with van der Waals surface area (Å²) >= 11 is 3.35. The Hall–Kier alpha value is -1.20. The molecule has 1 aromatic rings. The molecule has 19 heavy (non-hydrogen) atoms. The number of likely N-dealkylation sites (N-methyl/N-ethyl adjacent to an activating group) is 1. The molecule has 0 fully saturated rings. The van der Waals surface area contributed by atoms with Crippen molar-refractivity contribution in [1.29, 1.82) is 0 Å². The third kappa shape index (κ3) is 5.12. The molecule has 0 aromatic heterocycles. The lowest BCUT2D eigenvalue weighted by molar-refractivity contribution is -0.124. The van der Waals surface area contributed by atoms with Crippen LogP contribution in [0.4, 0.5) is 0 Å². The molecule has 0 aliphatic heterocycles. The van der Waals surface area contributed by atoms with Crippen LogP contribution in [0, 0.1) is 5.92 Å². The van der Waals surface area contributed by atoms with Crippen LogP contribution in [0.1, 0.15) is 17.3 Å². The number of benzene rings is 1. The SMILES string of the molecule is CNC(=O)C(C)CN(C)CC(=O)c1cccc(Br)c1. The number of carbonyl (C=O) groups excluding carboxylic acids is 2. The van der Waals surface area contributed by atoms with Crippen molar-refractivity contribution in [3.8, 4) is 0 Å². The number of Topliss-reactive ketones (excluding diaryl/α,β-unsaturated/α-hetero) is 1. The summed E-state index contributed by atoms with van der Waals surface area (Å²) in [4.78, 5) is 25.3. The molecule has 0 saturated heterocycles. The van der Waals surface area contributed by atoms with Crippen LogP contribution in [-0.4, -0.2) is 43.8 Å². The van der Waals surface area contributed by atoms with E-state index < -0.39 is 0 Å². The van der Waals surface area contributed by atoms with E-state index in [9.17, 15) is 9.59 Å². The molecule has 1 unspecified atom stereocenters. The average Bonchev–Trinajstić information content (AvgIpc) is 2.37. The second-order valence-corrected chi connectivity index (χ2v) is 5.56. The minimum atomic E-state index is -0.134. The smallest absolute Gasteiger partial charge is 0.223 e. The fourth-order valence-corrected chi connectivity index (χ4v) is 2.26. The zero-order valence-corrected chi connectivity index (χ0v) is 13.0. The lowest BCUT2D eigenvalue weighted by atomic mass is 10.1. The van der Waals surface area contributed by atoms with Gasteiger partial charge in [-0.25, -0.2) is 0 Å². The van der Waals surface area contributed by atoms with Crippen LogP contribution in [0.3, 0.4) is 0 Å². The van der Waals surface area contributed by atoms with Crippen LogP contribution < -0.4 is 5.32 Å². The summed E-state index contributed by atoms with van der Waals surface area (Å²) in [6.45, 7) is 2.70. The zero-order chi connectivity index (χ0) is 14.4. The van der Waals surface area contributed by atoms with Crippen LogP contribution >= 0.6 is 15.9 Å². The average molecular weight is 327 g/mol. The molecular formula is C14H19BrN2O2. The van der Waals surface area contributed by atoms with Crippen molar-refractivity contribution < 1.29 is 9.59 Å². The zero-order valence-electron chi connectivity index (χ0n) is 11.4. The van der Waals surface area contributed by atoms with E-state index in [2.05, 4.69) is 21.2 Å². The van der Waals surface area contributed by atoms with E-state index in [1.807, 2.05) is 31.0 Å². The fourth-order valence-electron chi connectivity index (χ4n) is 1.86. The molecule has 1 N–H and O–H groups in total. The Morgan fingerprint density at radius 3 is 2.68 bits per heavy atom. The van der Waals surface area contributed by atoms with Gasteiger partial charge in [-0.1, -0.05) is 35.0 Å². The van der Waals surface area contributed by atoms with Gasteiger partial charge in [0.05, 0.1) is 6.54 Å². The third-order valence-corrected chi connectivity index (χ3v) is 3.33. The summed E-state index contributed by atoms with van der Waals surface area (Å²) < 4.78 is 0.889. The van der Waals surface area contributed by atoms with Gasteiger partial charge in [0.2, 0.25) is 5.91 Å². The summed E-state index contributed by atoms with van der Waals surface area (Å²) in [5.41, 5.74) is 0.675. The molecule has 0 saturated carbocycles. The highest BCUT2D eigenvalue weighted by Gasteiger charge is 2.16. The van der Waals surface area contributed by atoms with Crippen LogP contribution in [0.5, 0.6) is 0 Å². The Kier molecular flexibility index (Phi) is 6.18. The predicted octanol–water partition coefficient (Wildman–Crippen LogP) is 1.95. The summed E-state index contributed by atoms with van der Waals surface area (Å²) in [6, 6.07) is 7.32. The van der Waals surface area contributed by atoms with Gasteiger partial charge >= 0.3 is 0 Å². The molecule has 0 spiro atoms. The van der Waals surface area contributed by atoms with Gasteiger partial charge in [0.15, 0.2) is 5.78 Å². The van der Waals surface area contributed by atoms with Gasteiger partial charge in [-0.15, -0.1) is 0 Å². The Morgan fingerprint density at radius 2 is 2.11 bits per heavy atom. The lowest BCUT2D eigenvalue weighted by Gasteiger charge is -2.19. The van der Waals surface area contributed by atoms with E-state index >= 15 is 0 Å². The number of halogens is 1. The second kappa shape index (κ2) is 7.40. The van der Waals surface area contributed by atoms with Gasteiger partial charge in [0.1, 0.15) is 0 Å². The molecule has 1 amide bonds. The summed E-state index contributed by atoms with van der Waals surface area (Å²) in [5, 5.41) is 2.61. The quantitative estimate of drug-likeness (QED) is 0.813. The molecule has 5 heteroatoms. The number of amides is 1. The molecule has 104 valence electrons. The highest BCUT2D eigenvalue weighted by atomic mass is 79.9. The minimum Gasteiger partial charge on any atom is -0.359 e. The third-order valence-electron chi connectivity index (χ3n) is 2.84. The maximum absolute atomic E-state index is 12.1. The maximum atomic E-state index is 12.1. The number of hydrogen-bond donors (Lipinski definition) is 1. The molecular weight excluding hydrogens is 308 g/mol. The second-order valence-electron chi connectivity index (χ2n) is 4.65. The molecule has 4 nitrogen and oxygen atoms in total. The van der Waals surface area contributed by atoms with E-state index in [-0.39, 0.29) is 17.6 Å². The first-order valence-electron chi connectivity index (χ1n) is 6.13. The van der Waals surface area contributed by atoms with E-state index in [1.165, 1.54) is 0 Å². The van der Waals surface area contributed by atoms with Crippen molar-refractivity contribution in [3.05, 3.63) is 34.3 Å². The number of rotatable bonds is 6. The molecule has 0 bridgehead atoms. The van der Waals surface area contributed by atoms with Crippen molar-refractivity contribution >= 4 is 27.6 Å². The molecule has 0 aliphatic carbocycles. The van der Waals surface area contributed by atoms with Gasteiger partial charge in [-0.05, 0) is 19.2 Å². The Morgan fingerprint density at radius 1 is 1.42 bits per heavy atom. The largest absolute Gasteiger partial charge is 0.359 e. The molecule has 1 aromatic carbocycles. The summed E-state index contributed by atoms with van der Waals surface area (Å²) in [5.74, 6) is -0.0972. The summed E-state index contributed by atoms with van der Waals surface area (Å²) in [7, 11) is 3.46. The number of nitrogens with one attached hydrogen (secondary N) is 1. The van der Waals surface area contributed by atoms with E-state index in [0.717, 1.165) is 4.47 Å². The van der Waals surface area contributed by atoms with Crippen LogP contribution in [0.25, 0.3) is 0 Å². The Labute approximate surface area is 122 Å². The van der Waals surface area contributed by atoms with Crippen molar-refractivity contribution in [2.75, 3.05) is 27.2 Å². The summed E-state index contributed by atoms with van der Waals surface area (Å²) in [6.07, 6.45) is 0. The highest BCUT2D eigenvalue weighted by molar-refractivity contribution is 9.10. The lowest BCUT2D eigenvalue weighted by Crippen LogP contribution is -2.36. The normalized spacial score (nSPS) is 12.3. The number of hydrogen-bond acceptors (Lipinski definition) is 3. The van der Waals surface area contributed by atoms with Crippen LogP contribution in [0.15, 0.2) is 28.7 Å². The van der Waals surface area contributed by atoms with E-state index in [0.29, 0.717) is 18.7 Å². The maximum Gasteiger partial charge on any atom is 0.223 e. The number of nitrogens with zero attached hydrogens (tertiary/aromatic N) is 1. The molecule has 1 rings (SSSR count). The van der Waals surface area contributed by atoms with Gasteiger partial charge in [-0.3, -0.25) is 14.5 Å². The standard InChI is InChI=1S/C14H19BrN2O2/c1-10(14(19)16-2)8-17(3)9-13(18)11-5-4-6-12(15)7-11/h4-7,10H,8-9H2,1-3H3,(H,16,19). The van der Waals surface area contributed by atoms with Crippen molar-refractivity contribution in [1.82, 2.24) is 10.2 Å². The van der Waals surface area contributed by atoms with Crippen molar-refractivity contribution in [3.63, 3.8) is 0 Å². The molecule has 0 aliphatic rings. The van der Waals surface area contributed by atoms with Gasteiger partial charge in [-0.2, -0.15) is 0 Å². The monoisotopic (exact) mass is 326 g/mol. The van der Waals surface area contributed by atoms with Gasteiger partial charge in [0.25, 0.3) is 0 Å². The number of carbonyl (C=O) groups is 2. The van der Waals surface area contributed by atoms with Crippen LogP contribution in [-0.2, 0) is 4.79 Å². The molecule has 1 atom stereocenters. The number of ketones is 1. The van der Waals surface area contributed by atoms with E-state index in [1.54, 1.807) is 19.2 Å². The highest BCUT2D eigenvalue weighted by Crippen LogP contribution is 2.12. The Bertz CT molecular complexity index is 463. The fraction of sp³-hybridized carbons (Fsp3) is 0.429.